The van der Waals surface area contributed by atoms with Crippen LogP contribution in [0.3, 0.4) is 0 Å². The summed E-state index contributed by atoms with van der Waals surface area (Å²) in [5, 5.41) is 5.15. The second-order valence-electron chi connectivity index (χ2n) is 9.11. The van der Waals surface area contributed by atoms with Crippen molar-refractivity contribution < 1.29 is 13.9 Å². The molecule has 7 nitrogen and oxygen atoms in total. The van der Waals surface area contributed by atoms with Gasteiger partial charge in [0.05, 0.1) is 19.1 Å². The van der Waals surface area contributed by atoms with E-state index in [1.54, 1.807) is 30.2 Å². The molecule has 1 saturated heterocycles. The molecule has 1 aliphatic heterocycles. The summed E-state index contributed by atoms with van der Waals surface area (Å²) in [6.45, 7) is 4.71. The number of piperidine rings is 1. The average molecular weight is 485 g/mol. The van der Waals surface area contributed by atoms with Gasteiger partial charge in [0.1, 0.15) is 10.9 Å². The summed E-state index contributed by atoms with van der Waals surface area (Å²) in [5.41, 5.74) is 3.23. The zero-order valence-electron chi connectivity index (χ0n) is 20.3. The minimum atomic E-state index is -0.0851. The predicted octanol–water partition coefficient (Wildman–Crippen LogP) is 4.58. The Kier molecular flexibility index (Phi) is 7.63. The highest BCUT2D eigenvalue weighted by Gasteiger charge is 2.33. The van der Waals surface area contributed by atoms with E-state index in [-0.39, 0.29) is 11.9 Å². The highest BCUT2D eigenvalue weighted by molar-refractivity contribution is 6.30. The van der Waals surface area contributed by atoms with E-state index in [1.807, 2.05) is 38.1 Å². The van der Waals surface area contributed by atoms with Gasteiger partial charge in [-0.1, -0.05) is 23.7 Å². The van der Waals surface area contributed by atoms with Gasteiger partial charge >= 0.3 is 0 Å². The van der Waals surface area contributed by atoms with E-state index in [9.17, 15) is 4.79 Å². The van der Waals surface area contributed by atoms with E-state index >= 15 is 0 Å². The predicted molar refractivity (Wildman–Crippen MR) is 132 cm³/mol. The third-order valence-electron chi connectivity index (χ3n) is 6.96. The maximum Gasteiger partial charge on any atom is 0.289 e. The number of halogens is 1. The number of hydrogen-bond acceptors (Lipinski definition) is 5. The highest BCUT2D eigenvalue weighted by atomic mass is 35.5. The molecule has 3 aromatic rings. The van der Waals surface area contributed by atoms with Crippen molar-refractivity contribution in [3.8, 4) is 5.75 Å². The molecule has 0 saturated carbocycles. The first-order chi connectivity index (χ1) is 16.4. The van der Waals surface area contributed by atoms with Crippen LogP contribution in [-0.2, 0) is 20.0 Å². The van der Waals surface area contributed by atoms with Crippen LogP contribution < -0.4 is 4.74 Å². The summed E-state index contributed by atoms with van der Waals surface area (Å²) in [7, 11) is 5.44. The van der Waals surface area contributed by atoms with E-state index in [2.05, 4.69) is 22.1 Å². The summed E-state index contributed by atoms with van der Waals surface area (Å²) < 4.78 is 12.6. The number of nitrogens with zero attached hydrogens (tertiary/aromatic N) is 4. The SMILES string of the molecule is COc1cccc(CC(C2CCN(Cc3c(C)nn(C)c3Cl)CC2)N(C)C(=O)c2ccco2)c1. The molecule has 1 aromatic carbocycles. The molecule has 182 valence electrons. The van der Waals surface area contributed by atoms with Gasteiger partial charge in [0, 0.05) is 32.2 Å². The fourth-order valence-corrected chi connectivity index (χ4v) is 5.19. The fourth-order valence-electron chi connectivity index (χ4n) is 4.96. The first-order valence-corrected chi connectivity index (χ1v) is 12.1. The smallest absolute Gasteiger partial charge is 0.289 e. The maximum absolute atomic E-state index is 13.2. The number of hydrogen-bond donors (Lipinski definition) is 0. The standard InChI is InChI=1S/C26H33ClN4O3/c1-18-22(25(27)30(3)28-18)17-31-12-10-20(11-13-31)23(16-19-7-5-8-21(15-19)33-4)29(2)26(32)24-9-6-14-34-24/h5-9,14-15,20,23H,10-13,16-17H2,1-4H3. The molecule has 8 heteroatoms. The molecule has 1 fully saturated rings. The summed E-state index contributed by atoms with van der Waals surface area (Å²) in [6.07, 6.45) is 4.31. The van der Waals surface area contributed by atoms with E-state index in [0.29, 0.717) is 16.8 Å². The van der Waals surface area contributed by atoms with Gasteiger partial charge in [-0.15, -0.1) is 0 Å². The van der Waals surface area contributed by atoms with E-state index in [1.165, 1.54) is 0 Å². The van der Waals surface area contributed by atoms with Gasteiger partial charge in [-0.2, -0.15) is 5.10 Å². The van der Waals surface area contributed by atoms with Crippen molar-refractivity contribution in [3.63, 3.8) is 0 Å². The Hall–Kier alpha value is -2.77. The summed E-state index contributed by atoms with van der Waals surface area (Å²) >= 11 is 6.46. The van der Waals surface area contributed by atoms with Crippen LogP contribution in [0.1, 0.15) is 40.2 Å². The number of aryl methyl sites for hydroxylation is 2. The topological polar surface area (TPSA) is 63.7 Å². The molecule has 2 aromatic heterocycles. The van der Waals surface area contributed by atoms with E-state index in [4.69, 9.17) is 20.8 Å². The molecule has 3 heterocycles. The van der Waals surface area contributed by atoms with Gasteiger partial charge in [0.2, 0.25) is 0 Å². The van der Waals surface area contributed by atoms with Crippen molar-refractivity contribution in [3.05, 3.63) is 70.4 Å². The number of ether oxygens (including phenoxy) is 1. The third kappa shape index (κ3) is 5.31. The number of furan rings is 1. The second kappa shape index (κ2) is 10.7. The van der Waals surface area contributed by atoms with E-state index < -0.39 is 0 Å². The molecular formula is C26H33ClN4O3. The molecule has 0 N–H and O–H groups in total. The van der Waals surface area contributed by atoms with Gasteiger partial charge in [0.25, 0.3) is 5.91 Å². The van der Waals surface area contributed by atoms with Crippen molar-refractivity contribution >= 4 is 17.5 Å². The maximum atomic E-state index is 13.2. The molecule has 1 unspecified atom stereocenters. The normalized spacial score (nSPS) is 15.9. The average Bonchev–Trinajstić information content (AvgIpc) is 3.47. The van der Waals surface area contributed by atoms with Crippen LogP contribution >= 0.6 is 11.6 Å². The Morgan fingerprint density at radius 1 is 1.29 bits per heavy atom. The number of benzene rings is 1. The summed E-state index contributed by atoms with van der Waals surface area (Å²) in [4.78, 5) is 17.5. The molecule has 0 aliphatic carbocycles. The lowest BCUT2D eigenvalue weighted by molar-refractivity contribution is 0.0556. The van der Waals surface area contributed by atoms with Gasteiger partial charge in [0.15, 0.2) is 5.76 Å². The van der Waals surface area contributed by atoms with E-state index in [0.717, 1.165) is 61.5 Å². The van der Waals surface area contributed by atoms with Gasteiger partial charge in [-0.05, 0) is 75.0 Å². The number of methoxy groups -OCH3 is 1. The molecule has 34 heavy (non-hydrogen) atoms. The number of likely N-dealkylation sites (N-methyl/N-ethyl adjacent to an activating group) is 1. The van der Waals surface area contributed by atoms with Crippen LogP contribution in [0.25, 0.3) is 0 Å². The molecule has 4 rings (SSSR count). The zero-order valence-corrected chi connectivity index (χ0v) is 21.1. The van der Waals surface area contributed by atoms with Crippen molar-refractivity contribution in [1.29, 1.82) is 0 Å². The molecule has 1 amide bonds. The fraction of sp³-hybridized carbons (Fsp3) is 0.462. The Bertz CT molecular complexity index is 1100. The quantitative estimate of drug-likeness (QED) is 0.468. The van der Waals surface area contributed by atoms with Crippen LogP contribution in [0.4, 0.5) is 0 Å². The largest absolute Gasteiger partial charge is 0.497 e. The lowest BCUT2D eigenvalue weighted by atomic mass is 9.84. The van der Waals surface area contributed by atoms with Crippen LogP contribution in [-0.4, -0.2) is 58.8 Å². The number of carbonyl (C=O) groups excluding carboxylic acids is 1. The van der Waals surface area contributed by atoms with Crippen LogP contribution in [0.5, 0.6) is 5.75 Å². The lowest BCUT2D eigenvalue weighted by Crippen LogP contribution is -2.47. The Labute approximate surface area is 206 Å². The number of aromatic nitrogens is 2. The number of likely N-dealkylation sites (tertiary alicyclic amines) is 1. The van der Waals surface area contributed by atoms with Crippen molar-refractivity contribution in [2.24, 2.45) is 13.0 Å². The summed E-state index contributed by atoms with van der Waals surface area (Å²) in [6, 6.07) is 11.6. The summed E-state index contributed by atoms with van der Waals surface area (Å²) in [5.74, 6) is 1.49. The Morgan fingerprint density at radius 3 is 2.68 bits per heavy atom. The van der Waals surface area contributed by atoms with Crippen LogP contribution in [0, 0.1) is 12.8 Å². The monoisotopic (exact) mass is 484 g/mol. The molecule has 1 aliphatic rings. The lowest BCUT2D eigenvalue weighted by Gasteiger charge is -2.40. The van der Waals surface area contributed by atoms with Gasteiger partial charge < -0.3 is 14.1 Å². The Balaban J connectivity index is 1.49. The number of rotatable bonds is 8. The number of carbonyl (C=O) groups is 1. The minimum Gasteiger partial charge on any atom is -0.497 e. The van der Waals surface area contributed by atoms with Crippen molar-refractivity contribution in [2.45, 2.75) is 38.8 Å². The number of amides is 1. The highest BCUT2D eigenvalue weighted by Crippen LogP contribution is 2.30. The van der Waals surface area contributed by atoms with Gasteiger partial charge in [-0.3, -0.25) is 14.4 Å². The third-order valence-corrected chi connectivity index (χ3v) is 7.43. The minimum absolute atomic E-state index is 0.0515. The first-order valence-electron chi connectivity index (χ1n) is 11.7. The first kappa shape index (κ1) is 24.4. The Morgan fingerprint density at radius 2 is 2.06 bits per heavy atom. The van der Waals surface area contributed by atoms with Crippen molar-refractivity contribution in [2.75, 3.05) is 27.2 Å². The molecule has 1 atom stereocenters. The molecule has 0 radical (unpaired) electrons. The zero-order chi connectivity index (χ0) is 24.2. The molecular weight excluding hydrogens is 452 g/mol. The molecule has 0 spiro atoms. The van der Waals surface area contributed by atoms with Crippen LogP contribution in [0.15, 0.2) is 47.1 Å². The second-order valence-corrected chi connectivity index (χ2v) is 9.47. The van der Waals surface area contributed by atoms with Gasteiger partial charge in [-0.25, -0.2) is 0 Å². The van der Waals surface area contributed by atoms with Crippen molar-refractivity contribution in [1.82, 2.24) is 19.6 Å². The molecule has 0 bridgehead atoms. The van der Waals surface area contributed by atoms with Crippen LogP contribution in [0.2, 0.25) is 5.15 Å².